The molecule has 1 aromatic rings. The van der Waals surface area contributed by atoms with Crippen LogP contribution in [0.15, 0.2) is 22.8 Å². The first-order valence-electron chi connectivity index (χ1n) is 4.64. The molecule has 0 saturated carbocycles. The lowest BCUT2D eigenvalue weighted by Gasteiger charge is -2.10. The first kappa shape index (κ1) is 12.1. The van der Waals surface area contributed by atoms with Gasteiger partial charge in [-0.3, -0.25) is 4.79 Å². The van der Waals surface area contributed by atoms with Crippen molar-refractivity contribution in [3.63, 3.8) is 0 Å². The number of likely N-dealkylation sites (N-methyl/N-ethyl adjacent to an activating group) is 1. The van der Waals surface area contributed by atoms with Crippen LogP contribution in [0.3, 0.4) is 0 Å². The molecule has 0 aliphatic carbocycles. The molecule has 5 heteroatoms. The molecule has 1 amide bonds. The van der Waals surface area contributed by atoms with E-state index in [1.54, 1.807) is 18.3 Å². The maximum absolute atomic E-state index is 11.6. The number of carbonyl (C=O) groups excluding carboxylic acids is 1. The molecular formula is C10H14BrN3O. The fourth-order valence-corrected chi connectivity index (χ4v) is 1.46. The normalized spacial score (nSPS) is 10.4. The van der Waals surface area contributed by atoms with Gasteiger partial charge in [0.1, 0.15) is 5.69 Å². The number of amides is 1. The van der Waals surface area contributed by atoms with Crippen LogP contribution < -0.4 is 5.32 Å². The minimum Gasteiger partial charge on any atom is -0.349 e. The van der Waals surface area contributed by atoms with Crippen molar-refractivity contribution in [3.8, 4) is 0 Å². The first-order valence-corrected chi connectivity index (χ1v) is 5.44. The Hall–Kier alpha value is -0.940. The summed E-state index contributed by atoms with van der Waals surface area (Å²) in [4.78, 5) is 17.6. The second-order valence-corrected chi connectivity index (χ2v) is 4.25. The summed E-state index contributed by atoms with van der Waals surface area (Å²) < 4.78 is 0.715. The van der Waals surface area contributed by atoms with Crippen molar-refractivity contribution in [2.45, 2.75) is 0 Å². The molecule has 0 unspecified atom stereocenters. The Kier molecular flexibility index (Phi) is 4.71. The SMILES string of the molecule is CN(C)CCNC(=O)c1ncccc1Br. The van der Waals surface area contributed by atoms with Crippen molar-refractivity contribution in [2.24, 2.45) is 0 Å². The van der Waals surface area contributed by atoms with Crippen molar-refractivity contribution in [1.29, 1.82) is 0 Å². The zero-order valence-corrected chi connectivity index (χ0v) is 10.4. The zero-order chi connectivity index (χ0) is 11.3. The summed E-state index contributed by atoms with van der Waals surface area (Å²) in [6.45, 7) is 1.44. The second-order valence-electron chi connectivity index (χ2n) is 3.39. The summed E-state index contributed by atoms with van der Waals surface area (Å²) in [6, 6.07) is 3.58. The third-order valence-electron chi connectivity index (χ3n) is 1.82. The number of hydrogen-bond donors (Lipinski definition) is 1. The van der Waals surface area contributed by atoms with Gasteiger partial charge < -0.3 is 10.2 Å². The van der Waals surface area contributed by atoms with E-state index < -0.39 is 0 Å². The molecule has 0 aliphatic heterocycles. The van der Waals surface area contributed by atoms with Gasteiger partial charge in [-0.05, 0) is 42.2 Å². The van der Waals surface area contributed by atoms with Gasteiger partial charge in [0.15, 0.2) is 0 Å². The Labute approximate surface area is 97.8 Å². The highest BCUT2D eigenvalue weighted by Gasteiger charge is 2.09. The summed E-state index contributed by atoms with van der Waals surface area (Å²) in [5, 5.41) is 2.80. The summed E-state index contributed by atoms with van der Waals surface area (Å²) in [6.07, 6.45) is 1.60. The van der Waals surface area contributed by atoms with E-state index in [-0.39, 0.29) is 5.91 Å². The van der Waals surface area contributed by atoms with Crippen LogP contribution in [0.1, 0.15) is 10.5 Å². The Bertz CT molecular complexity index is 341. The van der Waals surface area contributed by atoms with Gasteiger partial charge in [-0.1, -0.05) is 0 Å². The molecule has 1 N–H and O–H groups in total. The molecule has 0 atom stereocenters. The predicted molar refractivity (Wildman–Crippen MR) is 62.8 cm³/mol. The maximum atomic E-state index is 11.6. The summed E-state index contributed by atoms with van der Waals surface area (Å²) in [5.74, 6) is -0.149. The van der Waals surface area contributed by atoms with Gasteiger partial charge in [-0.2, -0.15) is 0 Å². The highest BCUT2D eigenvalue weighted by molar-refractivity contribution is 9.10. The van der Waals surface area contributed by atoms with Gasteiger partial charge in [0, 0.05) is 23.8 Å². The van der Waals surface area contributed by atoms with Crippen molar-refractivity contribution in [1.82, 2.24) is 15.2 Å². The molecule has 0 radical (unpaired) electrons. The molecule has 15 heavy (non-hydrogen) atoms. The van der Waals surface area contributed by atoms with Crippen LogP contribution in [0.5, 0.6) is 0 Å². The van der Waals surface area contributed by atoms with Crippen molar-refractivity contribution < 1.29 is 4.79 Å². The first-order chi connectivity index (χ1) is 7.11. The number of nitrogens with one attached hydrogen (secondary N) is 1. The lowest BCUT2D eigenvalue weighted by atomic mass is 10.3. The van der Waals surface area contributed by atoms with Crippen LogP contribution in [-0.2, 0) is 0 Å². The van der Waals surface area contributed by atoms with Crippen LogP contribution >= 0.6 is 15.9 Å². The van der Waals surface area contributed by atoms with Gasteiger partial charge >= 0.3 is 0 Å². The highest BCUT2D eigenvalue weighted by atomic mass is 79.9. The zero-order valence-electron chi connectivity index (χ0n) is 8.83. The fraction of sp³-hybridized carbons (Fsp3) is 0.400. The minimum atomic E-state index is -0.149. The average molecular weight is 272 g/mol. The van der Waals surface area contributed by atoms with Gasteiger partial charge in [0.05, 0.1) is 0 Å². The van der Waals surface area contributed by atoms with Gasteiger partial charge in [0.25, 0.3) is 5.91 Å². The van der Waals surface area contributed by atoms with E-state index in [4.69, 9.17) is 0 Å². The van der Waals surface area contributed by atoms with Crippen LogP contribution in [0, 0.1) is 0 Å². The van der Waals surface area contributed by atoms with Crippen molar-refractivity contribution >= 4 is 21.8 Å². The van der Waals surface area contributed by atoms with Crippen LogP contribution in [0.4, 0.5) is 0 Å². The molecule has 0 spiro atoms. The smallest absolute Gasteiger partial charge is 0.271 e. The average Bonchev–Trinajstić information content (AvgIpc) is 2.17. The third-order valence-corrected chi connectivity index (χ3v) is 2.46. The van der Waals surface area contributed by atoms with Crippen LogP contribution in [0.2, 0.25) is 0 Å². The van der Waals surface area contributed by atoms with E-state index in [1.807, 2.05) is 19.0 Å². The van der Waals surface area contributed by atoms with E-state index >= 15 is 0 Å². The lowest BCUT2D eigenvalue weighted by Crippen LogP contribution is -2.31. The quantitative estimate of drug-likeness (QED) is 0.893. The number of halogens is 1. The second kappa shape index (κ2) is 5.82. The summed E-state index contributed by atoms with van der Waals surface area (Å²) in [5.41, 5.74) is 0.427. The van der Waals surface area contributed by atoms with E-state index in [9.17, 15) is 4.79 Å². The highest BCUT2D eigenvalue weighted by Crippen LogP contribution is 2.12. The van der Waals surface area contributed by atoms with E-state index in [2.05, 4.69) is 26.2 Å². The monoisotopic (exact) mass is 271 g/mol. The lowest BCUT2D eigenvalue weighted by molar-refractivity contribution is 0.0945. The summed E-state index contributed by atoms with van der Waals surface area (Å²) >= 11 is 3.28. The van der Waals surface area contributed by atoms with Gasteiger partial charge in [-0.25, -0.2) is 4.98 Å². The topological polar surface area (TPSA) is 45.2 Å². The molecule has 0 fully saturated rings. The number of rotatable bonds is 4. The molecule has 0 bridgehead atoms. The number of pyridine rings is 1. The molecule has 0 saturated heterocycles. The van der Waals surface area contributed by atoms with Crippen LogP contribution in [-0.4, -0.2) is 43.0 Å². The number of hydrogen-bond acceptors (Lipinski definition) is 3. The van der Waals surface area contributed by atoms with Crippen molar-refractivity contribution in [2.75, 3.05) is 27.2 Å². The number of nitrogens with zero attached hydrogens (tertiary/aromatic N) is 2. The summed E-state index contributed by atoms with van der Waals surface area (Å²) in [7, 11) is 3.92. The molecule has 1 rings (SSSR count). The van der Waals surface area contributed by atoms with Gasteiger partial charge in [0.2, 0.25) is 0 Å². The number of aromatic nitrogens is 1. The standard InChI is InChI=1S/C10H14BrN3O/c1-14(2)7-6-13-10(15)9-8(11)4-3-5-12-9/h3-5H,6-7H2,1-2H3,(H,13,15). The Morgan fingerprint density at radius 2 is 2.33 bits per heavy atom. The molecule has 82 valence electrons. The number of carbonyl (C=O) groups is 1. The van der Waals surface area contributed by atoms with E-state index in [0.29, 0.717) is 16.7 Å². The van der Waals surface area contributed by atoms with Crippen molar-refractivity contribution in [3.05, 3.63) is 28.5 Å². The molecular weight excluding hydrogens is 258 g/mol. The maximum Gasteiger partial charge on any atom is 0.271 e. The Morgan fingerprint density at radius 1 is 1.60 bits per heavy atom. The molecule has 4 nitrogen and oxygen atoms in total. The van der Waals surface area contributed by atoms with Gasteiger partial charge in [-0.15, -0.1) is 0 Å². The van der Waals surface area contributed by atoms with E-state index in [1.165, 1.54) is 0 Å². The van der Waals surface area contributed by atoms with Crippen LogP contribution in [0.25, 0.3) is 0 Å². The predicted octanol–water partition coefficient (Wildman–Crippen LogP) is 1.14. The fourth-order valence-electron chi connectivity index (χ4n) is 1.03. The molecule has 0 aliphatic rings. The Balaban J connectivity index is 2.51. The molecule has 1 heterocycles. The Morgan fingerprint density at radius 3 is 2.93 bits per heavy atom. The largest absolute Gasteiger partial charge is 0.349 e. The molecule has 0 aromatic carbocycles. The third kappa shape index (κ3) is 3.97. The van der Waals surface area contributed by atoms with E-state index in [0.717, 1.165) is 6.54 Å². The molecule has 1 aromatic heterocycles. The minimum absolute atomic E-state index is 0.149.